The van der Waals surface area contributed by atoms with Crippen molar-refractivity contribution in [2.45, 2.75) is 23.6 Å². The third-order valence-electron chi connectivity index (χ3n) is 3.11. The van der Waals surface area contributed by atoms with Crippen molar-refractivity contribution in [3.05, 3.63) is 46.5 Å². The van der Waals surface area contributed by atoms with Crippen LogP contribution in [0.15, 0.2) is 44.3 Å². The van der Waals surface area contributed by atoms with Gasteiger partial charge in [0.25, 0.3) is 20.2 Å². The zero-order valence-corrected chi connectivity index (χ0v) is 15.3. The maximum atomic E-state index is 11.5. The molecule has 0 aliphatic heterocycles. The van der Waals surface area contributed by atoms with Crippen LogP contribution in [0.1, 0.15) is 11.1 Å². The summed E-state index contributed by atoms with van der Waals surface area (Å²) in [6.45, 7) is 3.49. The van der Waals surface area contributed by atoms with Gasteiger partial charge in [0.1, 0.15) is 15.5 Å². The van der Waals surface area contributed by atoms with Crippen LogP contribution >= 0.6 is 11.6 Å². The Labute approximate surface area is 149 Å². The Balaban J connectivity index is 2.70. The fourth-order valence-electron chi connectivity index (χ4n) is 1.88. The average molecular weight is 404 g/mol. The molecule has 0 bridgehead atoms. The van der Waals surface area contributed by atoms with Gasteiger partial charge in [-0.25, -0.2) is 0 Å². The predicted molar refractivity (Wildman–Crippen MR) is 90.0 cm³/mol. The zero-order chi connectivity index (χ0) is 19.0. The highest BCUT2D eigenvalue weighted by Crippen LogP contribution is 2.34. The predicted octanol–water partition coefficient (Wildman–Crippen LogP) is 3.67. The van der Waals surface area contributed by atoms with Gasteiger partial charge in [0, 0.05) is 0 Å². The third-order valence-corrected chi connectivity index (χ3v) is 5.31. The molecule has 0 aliphatic rings. The molecule has 2 aromatic rings. The molecule has 8 nitrogen and oxygen atoms in total. The van der Waals surface area contributed by atoms with Crippen LogP contribution in [0.2, 0.25) is 5.02 Å². The quantitative estimate of drug-likeness (QED) is 0.590. The fraction of sp³-hybridized carbons (Fsp3) is 0.143. The van der Waals surface area contributed by atoms with Crippen molar-refractivity contribution >= 4 is 43.2 Å². The molecule has 0 heterocycles. The SMILES string of the molecule is Cc1[c]cc(C)c(N=Nc2cc(S(=O)(=O)O)c(Cl)cc2S(=O)(=O)O)c1. The van der Waals surface area contributed by atoms with E-state index in [-0.39, 0.29) is 0 Å². The van der Waals surface area contributed by atoms with Crippen LogP contribution in [-0.4, -0.2) is 25.9 Å². The molecular formula is C14H12ClN2O6S2. The van der Waals surface area contributed by atoms with Crippen LogP contribution in [0.5, 0.6) is 0 Å². The van der Waals surface area contributed by atoms with Gasteiger partial charge in [0.05, 0.1) is 10.7 Å². The molecule has 133 valence electrons. The van der Waals surface area contributed by atoms with E-state index >= 15 is 0 Å². The van der Waals surface area contributed by atoms with E-state index in [0.29, 0.717) is 23.4 Å². The molecule has 2 rings (SSSR count). The summed E-state index contributed by atoms with van der Waals surface area (Å²) in [5.41, 5.74) is 1.33. The van der Waals surface area contributed by atoms with Crippen molar-refractivity contribution in [3.8, 4) is 0 Å². The van der Waals surface area contributed by atoms with Gasteiger partial charge in [-0.3, -0.25) is 9.11 Å². The average Bonchev–Trinajstić information content (AvgIpc) is 2.46. The zero-order valence-electron chi connectivity index (χ0n) is 12.9. The molecule has 0 amide bonds. The summed E-state index contributed by atoms with van der Waals surface area (Å²) in [5.74, 6) is 0. The van der Waals surface area contributed by atoms with Crippen LogP contribution in [0, 0.1) is 19.9 Å². The first-order valence-corrected chi connectivity index (χ1v) is 9.84. The third kappa shape index (κ3) is 4.61. The first kappa shape index (κ1) is 19.5. The van der Waals surface area contributed by atoms with Crippen LogP contribution in [0.3, 0.4) is 0 Å². The Kier molecular flexibility index (Phi) is 5.30. The minimum atomic E-state index is -4.76. The van der Waals surface area contributed by atoms with E-state index < -0.39 is 40.7 Å². The van der Waals surface area contributed by atoms with E-state index in [1.807, 2.05) is 0 Å². The van der Waals surface area contributed by atoms with E-state index in [1.54, 1.807) is 26.0 Å². The monoisotopic (exact) mass is 403 g/mol. The Morgan fingerprint density at radius 3 is 2.04 bits per heavy atom. The normalized spacial score (nSPS) is 12.7. The van der Waals surface area contributed by atoms with Crippen LogP contribution in [0.4, 0.5) is 11.4 Å². The Morgan fingerprint density at radius 2 is 1.48 bits per heavy atom. The first-order valence-electron chi connectivity index (χ1n) is 6.59. The summed E-state index contributed by atoms with van der Waals surface area (Å²) in [6.07, 6.45) is 0. The molecule has 11 heteroatoms. The lowest BCUT2D eigenvalue weighted by molar-refractivity contribution is 0.478. The van der Waals surface area contributed by atoms with Crippen LogP contribution < -0.4 is 0 Å². The number of aryl methyl sites for hydroxylation is 2. The minimum Gasteiger partial charge on any atom is -0.282 e. The standard InChI is InChI=1S/C14H12ClN2O6S2/c1-8-3-4-9(2)11(5-8)16-17-12-7-13(24(18,19)20)10(15)6-14(12)25(21,22)23/h4-7H,1-2H3,(H,18,19,20)(H,21,22,23). The van der Waals surface area contributed by atoms with E-state index in [2.05, 4.69) is 16.3 Å². The summed E-state index contributed by atoms with van der Waals surface area (Å²) in [6, 6.07) is 7.61. The van der Waals surface area contributed by atoms with Gasteiger partial charge in [0.15, 0.2) is 0 Å². The van der Waals surface area contributed by atoms with E-state index in [1.165, 1.54) is 0 Å². The molecule has 0 aliphatic carbocycles. The van der Waals surface area contributed by atoms with Gasteiger partial charge < -0.3 is 0 Å². The number of benzene rings is 2. The molecule has 2 aromatic carbocycles. The van der Waals surface area contributed by atoms with Gasteiger partial charge in [0.2, 0.25) is 0 Å². The van der Waals surface area contributed by atoms with Crippen LogP contribution in [0.25, 0.3) is 0 Å². The van der Waals surface area contributed by atoms with Crippen LogP contribution in [-0.2, 0) is 20.2 Å². The van der Waals surface area contributed by atoms with Gasteiger partial charge >= 0.3 is 0 Å². The van der Waals surface area contributed by atoms with Crippen molar-refractivity contribution in [2.75, 3.05) is 0 Å². The van der Waals surface area contributed by atoms with Gasteiger partial charge in [-0.15, -0.1) is 5.11 Å². The van der Waals surface area contributed by atoms with Crippen molar-refractivity contribution in [1.29, 1.82) is 0 Å². The topological polar surface area (TPSA) is 133 Å². The Hall–Kier alpha value is -1.85. The largest absolute Gasteiger partial charge is 0.296 e. The van der Waals surface area contributed by atoms with Crippen molar-refractivity contribution in [1.82, 2.24) is 0 Å². The summed E-state index contributed by atoms with van der Waals surface area (Å²) < 4.78 is 64.0. The molecule has 0 fully saturated rings. The van der Waals surface area contributed by atoms with Gasteiger partial charge in [-0.05, 0) is 55.3 Å². The minimum absolute atomic E-state index is 0.390. The summed E-state index contributed by atoms with van der Waals surface area (Å²) in [7, 11) is -9.49. The molecule has 0 saturated carbocycles. The van der Waals surface area contributed by atoms with E-state index in [9.17, 15) is 21.4 Å². The lowest BCUT2D eigenvalue weighted by Crippen LogP contribution is -2.03. The second-order valence-electron chi connectivity index (χ2n) is 5.08. The van der Waals surface area contributed by atoms with Gasteiger partial charge in [-0.1, -0.05) is 11.6 Å². The maximum absolute atomic E-state index is 11.5. The highest BCUT2D eigenvalue weighted by atomic mass is 35.5. The molecule has 0 unspecified atom stereocenters. The van der Waals surface area contributed by atoms with E-state index in [4.69, 9.17) is 16.2 Å². The number of azo groups is 1. The fourth-order valence-corrected chi connectivity index (χ4v) is 3.60. The number of hydrogen-bond acceptors (Lipinski definition) is 6. The molecule has 0 atom stereocenters. The number of nitrogens with zero attached hydrogens (tertiary/aromatic N) is 2. The molecule has 25 heavy (non-hydrogen) atoms. The number of rotatable bonds is 4. The van der Waals surface area contributed by atoms with E-state index in [0.717, 1.165) is 5.56 Å². The summed E-state index contributed by atoms with van der Waals surface area (Å²) >= 11 is 5.66. The van der Waals surface area contributed by atoms with Gasteiger partial charge in [-0.2, -0.15) is 21.9 Å². The number of hydrogen-bond donors (Lipinski definition) is 2. The molecule has 0 spiro atoms. The number of halogens is 1. The summed E-state index contributed by atoms with van der Waals surface area (Å²) in [5, 5.41) is 6.98. The molecular weight excluding hydrogens is 392 g/mol. The van der Waals surface area contributed by atoms with Crippen molar-refractivity contribution in [2.24, 2.45) is 10.2 Å². The maximum Gasteiger partial charge on any atom is 0.296 e. The smallest absolute Gasteiger partial charge is 0.282 e. The second kappa shape index (κ2) is 6.81. The second-order valence-corrected chi connectivity index (χ2v) is 8.27. The summed E-state index contributed by atoms with van der Waals surface area (Å²) in [4.78, 5) is -1.50. The molecule has 0 aromatic heterocycles. The van der Waals surface area contributed by atoms with Crippen molar-refractivity contribution in [3.63, 3.8) is 0 Å². The highest BCUT2D eigenvalue weighted by Gasteiger charge is 2.23. The molecule has 0 saturated heterocycles. The Bertz CT molecular complexity index is 1080. The Morgan fingerprint density at radius 1 is 0.920 bits per heavy atom. The van der Waals surface area contributed by atoms with Crippen molar-refractivity contribution < 1.29 is 25.9 Å². The highest BCUT2D eigenvalue weighted by molar-refractivity contribution is 7.86. The lowest BCUT2D eigenvalue weighted by Gasteiger charge is -2.07. The lowest BCUT2D eigenvalue weighted by atomic mass is 10.1. The molecule has 1 radical (unpaired) electrons. The first-order chi connectivity index (χ1) is 11.4. The molecule has 2 N–H and O–H groups in total.